The minimum absolute atomic E-state index is 0.0430. The molecule has 1 aromatic rings. The molecular formula is C10H9F3N2O3S. The van der Waals surface area contributed by atoms with Crippen LogP contribution in [0.5, 0.6) is 0 Å². The summed E-state index contributed by atoms with van der Waals surface area (Å²) in [6.45, 7) is -0.0430. The molecule has 2 rings (SSSR count). The SMILES string of the molecule is NC(=O)C1CN1S(=O)(=O)c1ccc(C(F)(F)F)cc1. The van der Waals surface area contributed by atoms with Gasteiger partial charge in [0.25, 0.3) is 0 Å². The number of hydrogen-bond donors (Lipinski definition) is 1. The average molecular weight is 294 g/mol. The van der Waals surface area contributed by atoms with E-state index in [1.165, 1.54) is 0 Å². The van der Waals surface area contributed by atoms with Crippen molar-refractivity contribution in [3.63, 3.8) is 0 Å². The van der Waals surface area contributed by atoms with E-state index in [4.69, 9.17) is 5.73 Å². The molecule has 104 valence electrons. The molecule has 2 atom stereocenters. The second-order valence-corrected chi connectivity index (χ2v) is 5.91. The summed E-state index contributed by atoms with van der Waals surface area (Å²) < 4.78 is 61.6. The summed E-state index contributed by atoms with van der Waals surface area (Å²) in [4.78, 5) is 10.5. The molecule has 2 unspecified atom stereocenters. The first-order valence-corrected chi connectivity index (χ1v) is 6.56. The first kappa shape index (κ1) is 13.8. The van der Waals surface area contributed by atoms with Gasteiger partial charge in [0.1, 0.15) is 6.04 Å². The Kier molecular flexibility index (Phi) is 3.06. The van der Waals surface area contributed by atoms with E-state index < -0.39 is 33.7 Å². The van der Waals surface area contributed by atoms with E-state index in [0.29, 0.717) is 12.1 Å². The molecule has 0 bridgehead atoms. The van der Waals surface area contributed by atoms with Gasteiger partial charge in [0, 0.05) is 6.54 Å². The fourth-order valence-electron chi connectivity index (χ4n) is 1.57. The molecule has 0 spiro atoms. The topological polar surface area (TPSA) is 80.2 Å². The molecule has 1 aliphatic rings. The number of carbonyl (C=O) groups is 1. The lowest BCUT2D eigenvalue weighted by Gasteiger charge is -2.08. The summed E-state index contributed by atoms with van der Waals surface area (Å²) in [7, 11) is -3.96. The molecule has 9 heteroatoms. The molecule has 5 nitrogen and oxygen atoms in total. The van der Waals surface area contributed by atoms with Crippen molar-refractivity contribution in [2.75, 3.05) is 6.54 Å². The van der Waals surface area contributed by atoms with Crippen LogP contribution in [0.25, 0.3) is 0 Å². The first-order chi connectivity index (χ1) is 8.64. The largest absolute Gasteiger partial charge is 0.416 e. The number of primary amides is 1. The predicted octanol–water partition coefficient (Wildman–Crippen LogP) is 0.564. The summed E-state index contributed by atoms with van der Waals surface area (Å²) in [5, 5.41) is 0. The molecule has 1 aliphatic heterocycles. The van der Waals surface area contributed by atoms with Crippen molar-refractivity contribution >= 4 is 15.9 Å². The minimum atomic E-state index is -4.53. The molecule has 1 heterocycles. The highest BCUT2D eigenvalue weighted by molar-refractivity contribution is 7.89. The van der Waals surface area contributed by atoms with E-state index in [1.807, 2.05) is 0 Å². The summed E-state index contributed by atoms with van der Waals surface area (Å²) in [5.74, 6) is -0.782. The van der Waals surface area contributed by atoms with Gasteiger partial charge < -0.3 is 5.73 Å². The quantitative estimate of drug-likeness (QED) is 0.827. The standard InChI is InChI=1S/C10H9F3N2O3S/c11-10(12,13)6-1-3-7(4-2-6)19(17,18)15-5-8(15)9(14)16/h1-4,8H,5H2,(H2,14,16). The Bertz CT molecular complexity index is 610. The van der Waals surface area contributed by atoms with Crippen LogP contribution in [0.3, 0.4) is 0 Å². The monoisotopic (exact) mass is 294 g/mol. The number of sulfonamides is 1. The highest BCUT2D eigenvalue weighted by Crippen LogP contribution is 2.32. The highest BCUT2D eigenvalue weighted by Gasteiger charge is 2.48. The maximum Gasteiger partial charge on any atom is 0.416 e. The fourth-order valence-corrected chi connectivity index (χ4v) is 3.10. The third kappa shape index (κ3) is 2.56. The number of benzene rings is 1. The molecule has 19 heavy (non-hydrogen) atoms. The Morgan fingerprint density at radius 2 is 1.79 bits per heavy atom. The van der Waals surface area contributed by atoms with Crippen LogP contribution in [0.4, 0.5) is 13.2 Å². The first-order valence-electron chi connectivity index (χ1n) is 5.12. The lowest BCUT2D eigenvalue weighted by Crippen LogP contribution is -2.25. The third-order valence-corrected chi connectivity index (χ3v) is 4.57. The summed E-state index contributed by atoms with van der Waals surface area (Å²) in [6.07, 6.45) is -4.53. The summed E-state index contributed by atoms with van der Waals surface area (Å²) in [6, 6.07) is 2.15. The van der Waals surface area contributed by atoms with Crippen LogP contribution in [-0.4, -0.2) is 31.2 Å². The van der Waals surface area contributed by atoms with Crippen LogP contribution >= 0.6 is 0 Å². The number of carbonyl (C=O) groups excluding carboxylic acids is 1. The van der Waals surface area contributed by atoms with Crippen molar-refractivity contribution < 1.29 is 26.4 Å². The molecule has 0 saturated carbocycles. The molecule has 0 aliphatic carbocycles. The predicted molar refractivity (Wildman–Crippen MR) is 58.3 cm³/mol. The Hall–Kier alpha value is -1.61. The van der Waals surface area contributed by atoms with E-state index in [9.17, 15) is 26.4 Å². The minimum Gasteiger partial charge on any atom is -0.368 e. The average Bonchev–Trinajstić information content (AvgIpc) is 3.08. The Morgan fingerprint density at radius 1 is 1.26 bits per heavy atom. The molecule has 1 fully saturated rings. The van der Waals surface area contributed by atoms with Crippen molar-refractivity contribution in [3.05, 3.63) is 29.8 Å². The molecule has 0 radical (unpaired) electrons. The van der Waals surface area contributed by atoms with Crippen LogP contribution in [0.2, 0.25) is 0 Å². The Morgan fingerprint density at radius 3 is 2.16 bits per heavy atom. The van der Waals surface area contributed by atoms with E-state index in [0.717, 1.165) is 16.4 Å². The van der Waals surface area contributed by atoms with Gasteiger partial charge >= 0.3 is 6.18 Å². The molecule has 0 aromatic heterocycles. The third-order valence-electron chi connectivity index (χ3n) is 2.68. The van der Waals surface area contributed by atoms with E-state index >= 15 is 0 Å². The summed E-state index contributed by atoms with van der Waals surface area (Å²) >= 11 is 0. The Labute approximate surface area is 106 Å². The van der Waals surface area contributed by atoms with E-state index in [1.54, 1.807) is 0 Å². The van der Waals surface area contributed by atoms with Gasteiger partial charge in [0.2, 0.25) is 15.9 Å². The van der Waals surface area contributed by atoms with Gasteiger partial charge in [-0.3, -0.25) is 4.79 Å². The number of nitrogens with two attached hydrogens (primary N) is 1. The maximum absolute atomic E-state index is 12.3. The lowest BCUT2D eigenvalue weighted by atomic mass is 10.2. The van der Waals surface area contributed by atoms with Crippen LogP contribution in [0, 0.1) is 0 Å². The van der Waals surface area contributed by atoms with Crippen molar-refractivity contribution in [2.24, 2.45) is 5.73 Å². The van der Waals surface area contributed by atoms with Crippen molar-refractivity contribution in [2.45, 2.75) is 17.1 Å². The van der Waals surface area contributed by atoms with Gasteiger partial charge in [-0.05, 0) is 24.3 Å². The lowest BCUT2D eigenvalue weighted by molar-refractivity contribution is -0.137. The fraction of sp³-hybridized carbons (Fsp3) is 0.300. The number of halogens is 3. The van der Waals surface area contributed by atoms with Crippen molar-refractivity contribution in [1.29, 1.82) is 0 Å². The molecule has 1 saturated heterocycles. The van der Waals surface area contributed by atoms with E-state index in [2.05, 4.69) is 0 Å². The van der Waals surface area contributed by atoms with Gasteiger partial charge in [-0.25, -0.2) is 8.42 Å². The zero-order valence-electron chi connectivity index (χ0n) is 9.39. The number of nitrogens with zero attached hydrogens (tertiary/aromatic N) is 1. The van der Waals surface area contributed by atoms with Gasteiger partial charge in [0.15, 0.2) is 0 Å². The van der Waals surface area contributed by atoms with Crippen molar-refractivity contribution in [3.8, 4) is 0 Å². The maximum atomic E-state index is 12.3. The molecule has 2 N–H and O–H groups in total. The second kappa shape index (κ2) is 4.20. The number of alkyl halides is 3. The zero-order chi connectivity index (χ0) is 14.4. The van der Waals surface area contributed by atoms with Gasteiger partial charge in [-0.2, -0.15) is 17.5 Å². The van der Waals surface area contributed by atoms with Crippen LogP contribution in [0.15, 0.2) is 29.2 Å². The summed E-state index contributed by atoms with van der Waals surface area (Å²) in [5.41, 5.74) is 4.01. The normalized spacial score (nSPS) is 23.1. The van der Waals surface area contributed by atoms with Gasteiger partial charge in [0.05, 0.1) is 10.5 Å². The smallest absolute Gasteiger partial charge is 0.368 e. The van der Waals surface area contributed by atoms with Crippen LogP contribution in [-0.2, 0) is 21.0 Å². The second-order valence-electron chi connectivity index (χ2n) is 4.02. The van der Waals surface area contributed by atoms with E-state index in [-0.39, 0.29) is 11.4 Å². The molecule has 1 amide bonds. The van der Waals surface area contributed by atoms with Crippen LogP contribution in [0.1, 0.15) is 5.56 Å². The zero-order valence-corrected chi connectivity index (χ0v) is 10.2. The molecular weight excluding hydrogens is 285 g/mol. The van der Waals surface area contributed by atoms with Gasteiger partial charge in [-0.1, -0.05) is 0 Å². The van der Waals surface area contributed by atoms with Crippen LogP contribution < -0.4 is 5.73 Å². The molecule has 1 aromatic carbocycles. The Balaban J connectivity index is 2.26. The number of hydrogen-bond acceptors (Lipinski definition) is 3. The van der Waals surface area contributed by atoms with Gasteiger partial charge in [-0.15, -0.1) is 0 Å². The number of amides is 1. The van der Waals surface area contributed by atoms with Crippen molar-refractivity contribution in [1.82, 2.24) is 4.31 Å². The highest BCUT2D eigenvalue weighted by atomic mass is 32.2. The number of rotatable bonds is 3.